The van der Waals surface area contributed by atoms with Gasteiger partial charge < -0.3 is 10.1 Å². The second-order valence-electron chi connectivity index (χ2n) is 3.77. The summed E-state index contributed by atoms with van der Waals surface area (Å²) in [5.41, 5.74) is 2.57. The van der Waals surface area contributed by atoms with Crippen LogP contribution in [0, 0.1) is 0 Å². The number of nitrogens with zero attached hydrogens (tertiary/aromatic N) is 1. The second kappa shape index (κ2) is 5.80. The van der Waals surface area contributed by atoms with Crippen LogP contribution in [-0.2, 0) is 13.0 Å². The van der Waals surface area contributed by atoms with Crippen LogP contribution in [0.1, 0.15) is 16.1 Å². The summed E-state index contributed by atoms with van der Waals surface area (Å²) >= 11 is 1.69. The average Bonchev–Trinajstić information content (AvgIpc) is 2.84. The first-order chi connectivity index (χ1) is 8.33. The van der Waals surface area contributed by atoms with Crippen LogP contribution in [0.15, 0.2) is 29.8 Å². The molecule has 0 bridgehead atoms. The van der Waals surface area contributed by atoms with E-state index in [1.165, 1.54) is 11.1 Å². The molecule has 90 valence electrons. The molecule has 0 radical (unpaired) electrons. The van der Waals surface area contributed by atoms with Crippen molar-refractivity contribution in [2.24, 2.45) is 0 Å². The summed E-state index contributed by atoms with van der Waals surface area (Å²) in [5.74, 6) is 0.901. The number of aromatic nitrogens is 1. The molecule has 0 atom stereocenters. The van der Waals surface area contributed by atoms with Crippen LogP contribution in [0.3, 0.4) is 0 Å². The molecule has 3 nitrogen and oxygen atoms in total. The van der Waals surface area contributed by atoms with Gasteiger partial charge in [0.25, 0.3) is 0 Å². The van der Waals surface area contributed by atoms with E-state index in [4.69, 9.17) is 4.74 Å². The van der Waals surface area contributed by atoms with E-state index in [0.29, 0.717) is 0 Å². The minimum atomic E-state index is 0.845. The first-order valence-corrected chi connectivity index (χ1v) is 6.40. The second-order valence-corrected chi connectivity index (χ2v) is 4.75. The molecule has 2 aromatic rings. The normalized spacial score (nSPS) is 10.5. The van der Waals surface area contributed by atoms with Gasteiger partial charge >= 0.3 is 0 Å². The summed E-state index contributed by atoms with van der Waals surface area (Å²) in [7, 11) is 3.64. The van der Waals surface area contributed by atoms with Crippen molar-refractivity contribution in [3.63, 3.8) is 0 Å². The van der Waals surface area contributed by atoms with Crippen LogP contribution in [-0.4, -0.2) is 19.1 Å². The molecule has 17 heavy (non-hydrogen) atoms. The highest BCUT2D eigenvalue weighted by atomic mass is 32.1. The van der Waals surface area contributed by atoms with E-state index in [0.717, 1.165) is 23.7 Å². The summed E-state index contributed by atoms with van der Waals surface area (Å²) in [6.07, 6.45) is 2.74. The Kier molecular flexibility index (Phi) is 4.12. The largest absolute Gasteiger partial charge is 0.497 e. The van der Waals surface area contributed by atoms with Gasteiger partial charge in [0, 0.05) is 24.5 Å². The number of rotatable bonds is 5. The van der Waals surface area contributed by atoms with Gasteiger partial charge in [0.1, 0.15) is 5.75 Å². The summed E-state index contributed by atoms with van der Waals surface area (Å²) in [6.45, 7) is 0.845. The fourth-order valence-electron chi connectivity index (χ4n) is 1.76. The Labute approximate surface area is 105 Å². The molecule has 0 aliphatic carbocycles. The number of ether oxygens (including phenoxy) is 1. The third-order valence-corrected chi connectivity index (χ3v) is 3.39. The zero-order chi connectivity index (χ0) is 12.1. The van der Waals surface area contributed by atoms with Crippen molar-refractivity contribution in [2.75, 3.05) is 14.2 Å². The average molecular weight is 248 g/mol. The van der Waals surface area contributed by atoms with Crippen LogP contribution in [0.2, 0.25) is 0 Å². The fourth-order valence-corrected chi connectivity index (χ4v) is 2.40. The van der Waals surface area contributed by atoms with Gasteiger partial charge in [-0.3, -0.25) is 0 Å². The zero-order valence-electron chi connectivity index (χ0n) is 10.1. The fraction of sp³-hybridized carbons (Fsp3) is 0.308. The Morgan fingerprint density at radius 3 is 2.88 bits per heavy atom. The lowest BCUT2D eigenvalue weighted by Gasteiger charge is -2.10. The molecule has 0 amide bonds. The maximum atomic E-state index is 5.25. The van der Waals surface area contributed by atoms with Gasteiger partial charge in [0.05, 0.1) is 12.1 Å². The lowest BCUT2D eigenvalue weighted by molar-refractivity contribution is 0.414. The maximum absolute atomic E-state index is 5.25. The monoisotopic (exact) mass is 248 g/mol. The summed E-state index contributed by atoms with van der Waals surface area (Å²) in [5, 5.41) is 6.34. The van der Waals surface area contributed by atoms with E-state index in [-0.39, 0.29) is 0 Å². The lowest BCUT2D eigenvalue weighted by atomic mass is 10.0. The van der Waals surface area contributed by atoms with Gasteiger partial charge in [-0.2, -0.15) is 0 Å². The van der Waals surface area contributed by atoms with Crippen LogP contribution < -0.4 is 10.1 Å². The number of nitrogens with one attached hydrogen (secondary N) is 1. The smallest absolute Gasteiger partial charge is 0.119 e. The minimum absolute atomic E-state index is 0.845. The number of methoxy groups -OCH3 is 1. The van der Waals surface area contributed by atoms with Gasteiger partial charge in [0.2, 0.25) is 0 Å². The minimum Gasteiger partial charge on any atom is -0.497 e. The van der Waals surface area contributed by atoms with E-state index >= 15 is 0 Å². The first kappa shape index (κ1) is 12.1. The number of hydrogen-bond acceptors (Lipinski definition) is 4. The van der Waals surface area contributed by atoms with E-state index in [9.17, 15) is 0 Å². The van der Waals surface area contributed by atoms with E-state index in [1.54, 1.807) is 18.4 Å². The molecule has 1 heterocycles. The van der Waals surface area contributed by atoms with Gasteiger partial charge in [-0.05, 0) is 30.3 Å². The summed E-state index contributed by atoms with van der Waals surface area (Å²) in [4.78, 5) is 4.32. The van der Waals surface area contributed by atoms with Crippen LogP contribution in [0.4, 0.5) is 0 Å². The van der Waals surface area contributed by atoms with Crippen molar-refractivity contribution in [2.45, 2.75) is 13.0 Å². The maximum Gasteiger partial charge on any atom is 0.119 e. The molecular weight excluding hydrogens is 232 g/mol. The third-order valence-electron chi connectivity index (χ3n) is 2.61. The standard InChI is InChI=1S/C13H16N2OS/c1-14-9-11-7-12(16-2)4-3-10(11)8-13-15-5-6-17-13/h3-7,14H,8-9H2,1-2H3. The molecule has 1 aromatic carbocycles. The predicted molar refractivity (Wildman–Crippen MR) is 70.7 cm³/mol. The quantitative estimate of drug-likeness (QED) is 0.882. The van der Waals surface area contributed by atoms with Crippen LogP contribution in [0.25, 0.3) is 0 Å². The highest BCUT2D eigenvalue weighted by Gasteiger charge is 2.06. The van der Waals surface area contributed by atoms with E-state index in [1.807, 2.05) is 24.7 Å². The molecule has 0 unspecified atom stereocenters. The topological polar surface area (TPSA) is 34.1 Å². The molecule has 0 aliphatic heterocycles. The van der Waals surface area contributed by atoms with Crippen molar-refractivity contribution >= 4 is 11.3 Å². The third kappa shape index (κ3) is 3.05. The van der Waals surface area contributed by atoms with Gasteiger partial charge in [0.15, 0.2) is 0 Å². The molecule has 0 saturated carbocycles. The van der Waals surface area contributed by atoms with Crippen molar-refractivity contribution in [1.82, 2.24) is 10.3 Å². The van der Waals surface area contributed by atoms with E-state index in [2.05, 4.69) is 22.4 Å². The molecule has 0 spiro atoms. The number of hydrogen-bond donors (Lipinski definition) is 1. The van der Waals surface area contributed by atoms with Crippen LogP contribution in [0.5, 0.6) is 5.75 Å². The molecule has 0 fully saturated rings. The molecule has 2 rings (SSSR count). The zero-order valence-corrected chi connectivity index (χ0v) is 10.9. The molecule has 1 aromatic heterocycles. The molecule has 4 heteroatoms. The highest BCUT2D eigenvalue weighted by molar-refractivity contribution is 7.09. The van der Waals surface area contributed by atoms with Crippen molar-refractivity contribution < 1.29 is 4.74 Å². The Balaban J connectivity index is 2.25. The molecule has 1 N–H and O–H groups in total. The van der Waals surface area contributed by atoms with Crippen molar-refractivity contribution in [3.05, 3.63) is 45.9 Å². The van der Waals surface area contributed by atoms with Gasteiger partial charge in [-0.1, -0.05) is 6.07 Å². The van der Waals surface area contributed by atoms with E-state index < -0.39 is 0 Å². The first-order valence-electron chi connectivity index (χ1n) is 5.52. The lowest BCUT2D eigenvalue weighted by Crippen LogP contribution is -2.08. The van der Waals surface area contributed by atoms with Crippen LogP contribution >= 0.6 is 11.3 Å². The predicted octanol–water partition coefficient (Wildman–Crippen LogP) is 2.46. The van der Waals surface area contributed by atoms with Gasteiger partial charge in [-0.15, -0.1) is 11.3 Å². The Morgan fingerprint density at radius 2 is 2.24 bits per heavy atom. The molecule has 0 aliphatic rings. The highest BCUT2D eigenvalue weighted by Crippen LogP contribution is 2.21. The van der Waals surface area contributed by atoms with Crippen molar-refractivity contribution in [1.29, 1.82) is 0 Å². The summed E-state index contributed by atoms with van der Waals surface area (Å²) < 4.78 is 5.25. The number of thiazole rings is 1. The Morgan fingerprint density at radius 1 is 1.35 bits per heavy atom. The van der Waals surface area contributed by atoms with Crippen molar-refractivity contribution in [3.8, 4) is 5.75 Å². The van der Waals surface area contributed by atoms with Gasteiger partial charge in [-0.25, -0.2) is 4.98 Å². The molecule has 0 saturated heterocycles. The Bertz CT molecular complexity index is 468. The summed E-state index contributed by atoms with van der Waals surface area (Å²) in [6, 6.07) is 6.20. The molecular formula is C13H16N2OS. The SMILES string of the molecule is CNCc1cc(OC)ccc1Cc1nccs1. The number of benzene rings is 1. The Hall–Kier alpha value is -1.39.